The third kappa shape index (κ3) is 3.37. The van der Waals surface area contributed by atoms with E-state index in [4.69, 9.17) is 11.6 Å². The molecule has 0 spiro atoms. The van der Waals surface area contributed by atoms with Crippen LogP contribution in [0.25, 0.3) is 0 Å². The summed E-state index contributed by atoms with van der Waals surface area (Å²) in [5.74, 6) is 0.231. The lowest BCUT2D eigenvalue weighted by Gasteiger charge is -2.15. The van der Waals surface area contributed by atoms with Gasteiger partial charge in [-0.1, -0.05) is 11.6 Å². The number of rotatable bonds is 3. The van der Waals surface area contributed by atoms with Gasteiger partial charge < -0.3 is 15.7 Å². The Morgan fingerprint density at radius 2 is 2.28 bits per heavy atom. The molecule has 2 rings (SSSR count). The first-order chi connectivity index (χ1) is 8.66. The van der Waals surface area contributed by atoms with Gasteiger partial charge in [0, 0.05) is 23.7 Å². The number of phenols is 1. The van der Waals surface area contributed by atoms with E-state index in [1.807, 2.05) is 0 Å². The third-order valence-electron chi connectivity index (χ3n) is 3.12. The second-order valence-corrected chi connectivity index (χ2v) is 4.93. The van der Waals surface area contributed by atoms with Crippen molar-refractivity contribution in [3.8, 4) is 5.75 Å². The predicted octanol–water partition coefficient (Wildman–Crippen LogP) is 1.80. The second-order valence-electron chi connectivity index (χ2n) is 4.49. The fraction of sp³-hybridized carbons (Fsp3) is 0.462. The van der Waals surface area contributed by atoms with Gasteiger partial charge in [-0.25, -0.2) is 0 Å². The summed E-state index contributed by atoms with van der Waals surface area (Å²) in [4.78, 5) is 11.7. The lowest BCUT2D eigenvalue weighted by atomic mass is 10.1. The molecule has 0 radical (unpaired) electrons. The molecule has 18 heavy (non-hydrogen) atoms. The zero-order valence-corrected chi connectivity index (χ0v) is 10.8. The summed E-state index contributed by atoms with van der Waals surface area (Å²) in [6.07, 6.45) is 2.87. The highest BCUT2D eigenvalue weighted by Crippen LogP contribution is 2.21. The van der Waals surface area contributed by atoms with Crippen molar-refractivity contribution >= 4 is 17.5 Å². The highest BCUT2D eigenvalue weighted by atomic mass is 35.5. The molecular formula is C13H17ClN2O2. The first-order valence-corrected chi connectivity index (χ1v) is 6.53. The molecule has 1 aromatic rings. The van der Waals surface area contributed by atoms with Crippen molar-refractivity contribution < 1.29 is 9.90 Å². The topological polar surface area (TPSA) is 61.4 Å². The van der Waals surface area contributed by atoms with Crippen molar-refractivity contribution in [1.82, 2.24) is 10.6 Å². The van der Waals surface area contributed by atoms with Gasteiger partial charge in [0.2, 0.25) is 5.91 Å². The van der Waals surface area contributed by atoms with Crippen LogP contribution in [0.1, 0.15) is 24.8 Å². The molecule has 0 bridgehead atoms. The molecule has 0 aliphatic carbocycles. The van der Waals surface area contributed by atoms with E-state index in [1.165, 1.54) is 0 Å². The minimum absolute atomic E-state index is 0.0361. The predicted molar refractivity (Wildman–Crippen MR) is 70.6 cm³/mol. The van der Waals surface area contributed by atoms with E-state index in [1.54, 1.807) is 18.2 Å². The number of nitrogens with one attached hydrogen (secondary N) is 2. The van der Waals surface area contributed by atoms with Crippen molar-refractivity contribution in [3.05, 3.63) is 28.8 Å². The van der Waals surface area contributed by atoms with Crippen LogP contribution in [-0.2, 0) is 11.3 Å². The molecule has 1 aliphatic rings. The van der Waals surface area contributed by atoms with Crippen LogP contribution in [0.3, 0.4) is 0 Å². The summed E-state index contributed by atoms with van der Waals surface area (Å²) < 4.78 is 0. The molecule has 1 aromatic carbocycles. The van der Waals surface area contributed by atoms with Crippen molar-refractivity contribution in [2.75, 3.05) is 6.54 Å². The number of aromatic hydroxyl groups is 1. The number of phenolic OH excluding ortho intramolecular Hbond substituents is 1. The number of hydrogen-bond donors (Lipinski definition) is 3. The van der Waals surface area contributed by atoms with Gasteiger partial charge in [0.15, 0.2) is 0 Å². The monoisotopic (exact) mass is 268 g/mol. The standard InChI is InChI=1S/C13H17ClN2O2/c14-10-4-5-12(17)9(7-10)8-16-11-3-1-2-6-15-13(11)18/h4-5,7,11,16-17H,1-3,6,8H2,(H,15,18). The fourth-order valence-electron chi connectivity index (χ4n) is 2.06. The molecule has 1 unspecified atom stereocenters. The summed E-state index contributed by atoms with van der Waals surface area (Å²) >= 11 is 5.87. The van der Waals surface area contributed by atoms with E-state index >= 15 is 0 Å². The number of benzene rings is 1. The van der Waals surface area contributed by atoms with E-state index in [0.717, 1.165) is 25.8 Å². The highest BCUT2D eigenvalue weighted by Gasteiger charge is 2.20. The Morgan fingerprint density at radius 3 is 3.11 bits per heavy atom. The molecule has 0 aromatic heterocycles. The first-order valence-electron chi connectivity index (χ1n) is 6.15. The van der Waals surface area contributed by atoms with Gasteiger partial charge in [-0.2, -0.15) is 0 Å². The molecule has 0 saturated carbocycles. The van der Waals surface area contributed by atoms with Crippen LogP contribution in [0.2, 0.25) is 5.02 Å². The maximum atomic E-state index is 11.7. The van der Waals surface area contributed by atoms with Crippen molar-refractivity contribution in [1.29, 1.82) is 0 Å². The maximum absolute atomic E-state index is 11.7. The molecule has 1 aliphatic heterocycles. The van der Waals surface area contributed by atoms with E-state index in [9.17, 15) is 9.90 Å². The molecule has 4 nitrogen and oxygen atoms in total. The summed E-state index contributed by atoms with van der Waals surface area (Å²) in [5, 5.41) is 16.3. The quantitative estimate of drug-likeness (QED) is 0.783. The van der Waals surface area contributed by atoms with Crippen LogP contribution in [0.5, 0.6) is 5.75 Å². The highest BCUT2D eigenvalue weighted by molar-refractivity contribution is 6.30. The van der Waals surface area contributed by atoms with Crippen LogP contribution in [0, 0.1) is 0 Å². The third-order valence-corrected chi connectivity index (χ3v) is 3.35. The normalized spacial score (nSPS) is 20.3. The van der Waals surface area contributed by atoms with Crippen molar-refractivity contribution in [3.63, 3.8) is 0 Å². The summed E-state index contributed by atoms with van der Waals surface area (Å²) in [6, 6.07) is 4.72. The molecule has 1 amide bonds. The molecule has 98 valence electrons. The minimum atomic E-state index is -0.189. The lowest BCUT2D eigenvalue weighted by Crippen LogP contribution is -2.42. The number of carbonyl (C=O) groups is 1. The van der Waals surface area contributed by atoms with Crippen molar-refractivity contribution in [2.45, 2.75) is 31.8 Å². The van der Waals surface area contributed by atoms with E-state index in [-0.39, 0.29) is 17.7 Å². The Bertz CT molecular complexity index is 437. The van der Waals surface area contributed by atoms with Crippen LogP contribution >= 0.6 is 11.6 Å². The van der Waals surface area contributed by atoms with E-state index < -0.39 is 0 Å². The summed E-state index contributed by atoms with van der Waals surface area (Å²) in [6.45, 7) is 1.18. The van der Waals surface area contributed by atoms with Crippen LogP contribution in [0.15, 0.2) is 18.2 Å². The van der Waals surface area contributed by atoms with Gasteiger partial charge in [-0.05, 0) is 37.5 Å². The fourth-order valence-corrected chi connectivity index (χ4v) is 2.26. The smallest absolute Gasteiger partial charge is 0.237 e. The zero-order valence-electron chi connectivity index (χ0n) is 10.1. The first kappa shape index (κ1) is 13.2. The molecule has 3 N–H and O–H groups in total. The Morgan fingerprint density at radius 1 is 1.44 bits per heavy atom. The van der Waals surface area contributed by atoms with Gasteiger partial charge in [0.05, 0.1) is 6.04 Å². The summed E-state index contributed by atoms with van der Waals surface area (Å²) in [5.41, 5.74) is 0.708. The number of hydrogen-bond acceptors (Lipinski definition) is 3. The molecule has 5 heteroatoms. The van der Waals surface area contributed by atoms with Gasteiger partial charge in [-0.15, -0.1) is 0 Å². The van der Waals surface area contributed by atoms with Crippen LogP contribution in [-0.4, -0.2) is 23.6 Å². The van der Waals surface area contributed by atoms with E-state index in [0.29, 0.717) is 17.1 Å². The maximum Gasteiger partial charge on any atom is 0.237 e. The Hall–Kier alpha value is -1.26. The van der Waals surface area contributed by atoms with Gasteiger partial charge in [0.1, 0.15) is 5.75 Å². The second kappa shape index (κ2) is 6.07. The Balaban J connectivity index is 1.97. The lowest BCUT2D eigenvalue weighted by molar-refractivity contribution is -0.122. The molecule has 1 atom stereocenters. The van der Waals surface area contributed by atoms with Crippen LogP contribution in [0.4, 0.5) is 0 Å². The van der Waals surface area contributed by atoms with Gasteiger partial charge in [0.25, 0.3) is 0 Å². The SMILES string of the molecule is O=C1NCCCCC1NCc1cc(Cl)ccc1O. The minimum Gasteiger partial charge on any atom is -0.508 e. The summed E-state index contributed by atoms with van der Waals surface area (Å²) in [7, 11) is 0. The van der Waals surface area contributed by atoms with Crippen molar-refractivity contribution in [2.24, 2.45) is 0 Å². The van der Waals surface area contributed by atoms with Crippen LogP contribution < -0.4 is 10.6 Å². The number of carbonyl (C=O) groups excluding carboxylic acids is 1. The van der Waals surface area contributed by atoms with Gasteiger partial charge >= 0.3 is 0 Å². The molecule has 1 heterocycles. The Kier molecular flexibility index (Phi) is 4.44. The average Bonchev–Trinajstić information content (AvgIpc) is 2.55. The molecule has 1 fully saturated rings. The molecular weight excluding hydrogens is 252 g/mol. The van der Waals surface area contributed by atoms with E-state index in [2.05, 4.69) is 10.6 Å². The number of halogens is 1. The average molecular weight is 269 g/mol. The largest absolute Gasteiger partial charge is 0.508 e. The molecule has 1 saturated heterocycles. The Labute approximate surface area is 111 Å². The zero-order chi connectivity index (χ0) is 13.0. The van der Waals surface area contributed by atoms with Gasteiger partial charge in [-0.3, -0.25) is 4.79 Å². The number of amides is 1.